The van der Waals surface area contributed by atoms with Gasteiger partial charge in [0.05, 0.1) is 0 Å². The molecule has 138 valence electrons. The molecule has 0 radical (unpaired) electrons. The topological polar surface area (TPSA) is 50.2 Å². The summed E-state index contributed by atoms with van der Waals surface area (Å²) in [4.78, 5) is 15.8. The summed E-state index contributed by atoms with van der Waals surface area (Å²) in [5, 5.41) is 3.61. The molecule has 0 bridgehead atoms. The van der Waals surface area contributed by atoms with Gasteiger partial charge in [-0.25, -0.2) is 0 Å². The quantitative estimate of drug-likeness (QED) is 0.751. The lowest BCUT2D eigenvalue weighted by molar-refractivity contribution is -0.142. The number of aromatic nitrogens is 3. The molecule has 0 atom stereocenters. The molecule has 0 unspecified atom stereocenters. The third-order valence-corrected chi connectivity index (χ3v) is 4.48. The van der Waals surface area contributed by atoms with Crippen molar-refractivity contribution in [1.29, 1.82) is 0 Å². The maximum absolute atomic E-state index is 13.4. The minimum absolute atomic E-state index is 0.0135. The van der Waals surface area contributed by atoms with Gasteiger partial charge in [0.15, 0.2) is 5.69 Å². The number of nitrogens with one attached hydrogen (secondary N) is 1. The molecule has 0 spiro atoms. The van der Waals surface area contributed by atoms with Gasteiger partial charge >= 0.3 is 6.18 Å². The van der Waals surface area contributed by atoms with E-state index in [4.69, 9.17) is 0 Å². The summed E-state index contributed by atoms with van der Waals surface area (Å²) in [6.07, 6.45) is -4.29. The van der Waals surface area contributed by atoms with Crippen LogP contribution in [0.2, 0.25) is 0 Å². The van der Waals surface area contributed by atoms with Crippen molar-refractivity contribution >= 4 is 5.65 Å². The van der Waals surface area contributed by atoms with E-state index in [1.165, 1.54) is 0 Å². The van der Waals surface area contributed by atoms with E-state index >= 15 is 0 Å². The van der Waals surface area contributed by atoms with Gasteiger partial charge in [-0.15, -0.1) is 0 Å². The molecule has 2 heterocycles. The Balaban J connectivity index is 2.22. The lowest BCUT2D eigenvalue weighted by atomic mass is 10.0. The number of rotatable bonds is 3. The monoisotopic (exact) mass is 363 g/mol. The van der Waals surface area contributed by atoms with E-state index in [1.54, 1.807) is 20.8 Å². The third-order valence-electron chi connectivity index (χ3n) is 4.48. The van der Waals surface area contributed by atoms with Crippen LogP contribution in [0.4, 0.5) is 13.2 Å². The second kappa shape index (κ2) is 6.30. The fraction of sp³-hybridized carbons (Fsp3) is 0.368. The summed E-state index contributed by atoms with van der Waals surface area (Å²) in [7, 11) is 0. The molecule has 26 heavy (non-hydrogen) atoms. The zero-order chi connectivity index (χ0) is 19.2. The van der Waals surface area contributed by atoms with E-state index in [1.807, 2.05) is 31.2 Å². The van der Waals surface area contributed by atoms with Crippen LogP contribution in [0.1, 0.15) is 53.4 Å². The Morgan fingerprint density at radius 1 is 1.15 bits per heavy atom. The number of nitrogens with zero attached hydrogens (tertiary/aromatic N) is 2. The first-order valence-electron chi connectivity index (χ1n) is 8.36. The number of alkyl halides is 3. The molecule has 4 nitrogen and oxygen atoms in total. The molecule has 0 aliphatic rings. The number of H-pyrrole nitrogens is 1. The second-order valence-corrected chi connectivity index (χ2v) is 6.87. The molecule has 3 aromatic rings. The van der Waals surface area contributed by atoms with Gasteiger partial charge in [-0.2, -0.15) is 22.8 Å². The average molecular weight is 363 g/mol. The summed E-state index contributed by atoms with van der Waals surface area (Å²) in [6, 6.07) is 7.68. The van der Waals surface area contributed by atoms with Crippen LogP contribution in [0.5, 0.6) is 0 Å². The van der Waals surface area contributed by atoms with Crippen molar-refractivity contribution in [2.75, 3.05) is 0 Å². The van der Waals surface area contributed by atoms with Crippen LogP contribution in [0.25, 0.3) is 5.65 Å². The molecule has 3 rings (SSSR count). The first-order chi connectivity index (χ1) is 12.1. The molecular weight excluding hydrogens is 343 g/mol. The molecule has 0 aliphatic carbocycles. The van der Waals surface area contributed by atoms with Gasteiger partial charge in [0.2, 0.25) is 0 Å². The van der Waals surface area contributed by atoms with E-state index in [9.17, 15) is 18.0 Å². The van der Waals surface area contributed by atoms with Crippen molar-refractivity contribution in [3.8, 4) is 0 Å². The van der Waals surface area contributed by atoms with E-state index in [0.717, 1.165) is 15.6 Å². The molecule has 0 fully saturated rings. The summed E-state index contributed by atoms with van der Waals surface area (Å²) in [5.41, 5.74) is 1.57. The van der Waals surface area contributed by atoms with E-state index in [2.05, 4.69) is 10.1 Å². The number of hydrogen-bond acceptors (Lipinski definition) is 2. The number of aromatic amines is 1. The Labute approximate surface area is 148 Å². The molecule has 2 aromatic heterocycles. The van der Waals surface area contributed by atoms with Crippen molar-refractivity contribution in [3.63, 3.8) is 0 Å². The van der Waals surface area contributed by atoms with Crippen molar-refractivity contribution in [1.82, 2.24) is 14.6 Å². The van der Waals surface area contributed by atoms with Gasteiger partial charge in [0, 0.05) is 23.2 Å². The smallest absolute Gasteiger partial charge is 0.343 e. The zero-order valence-electron chi connectivity index (χ0n) is 15.0. The van der Waals surface area contributed by atoms with Gasteiger partial charge in [-0.05, 0) is 25.3 Å². The van der Waals surface area contributed by atoms with Crippen LogP contribution in [-0.4, -0.2) is 14.6 Å². The fourth-order valence-corrected chi connectivity index (χ4v) is 3.11. The van der Waals surface area contributed by atoms with Crippen molar-refractivity contribution in [2.45, 2.75) is 46.2 Å². The summed E-state index contributed by atoms with van der Waals surface area (Å²) < 4.78 is 41.0. The highest BCUT2D eigenvalue weighted by Gasteiger charge is 2.39. The zero-order valence-corrected chi connectivity index (χ0v) is 15.0. The SMILES string of the molecule is Cc1ccc(Cc2c(C)[nH]c3c(C(C)C)c(C(F)(F)F)nn3c2=O)cc1. The predicted molar refractivity (Wildman–Crippen MR) is 93.6 cm³/mol. The van der Waals surface area contributed by atoms with E-state index in [-0.39, 0.29) is 11.2 Å². The minimum Gasteiger partial charge on any atom is -0.343 e. The summed E-state index contributed by atoms with van der Waals surface area (Å²) in [5.74, 6) is -0.429. The van der Waals surface area contributed by atoms with Crippen LogP contribution in [0.15, 0.2) is 29.1 Å². The highest BCUT2D eigenvalue weighted by atomic mass is 19.4. The van der Waals surface area contributed by atoms with Crippen LogP contribution in [0.3, 0.4) is 0 Å². The molecule has 0 saturated heterocycles. The first kappa shape index (κ1) is 18.2. The summed E-state index contributed by atoms with van der Waals surface area (Å²) in [6.45, 7) is 6.97. The number of benzene rings is 1. The van der Waals surface area contributed by atoms with Gasteiger partial charge in [-0.3, -0.25) is 4.79 Å². The van der Waals surface area contributed by atoms with Crippen LogP contribution >= 0.6 is 0 Å². The maximum atomic E-state index is 13.4. The molecule has 7 heteroatoms. The van der Waals surface area contributed by atoms with Gasteiger partial charge in [0.1, 0.15) is 5.65 Å². The van der Waals surface area contributed by atoms with Crippen molar-refractivity contribution in [3.05, 3.63) is 68.3 Å². The van der Waals surface area contributed by atoms with E-state index in [0.29, 0.717) is 17.7 Å². The van der Waals surface area contributed by atoms with Gasteiger partial charge in [-0.1, -0.05) is 43.7 Å². The average Bonchev–Trinajstić information content (AvgIpc) is 2.93. The number of halogens is 3. The standard InChI is InChI=1S/C19H20F3N3O/c1-10(2)15-16(19(20,21)22)24-25-17(15)23-12(4)14(18(25)26)9-13-7-5-11(3)6-8-13/h5-8,10,23H,9H2,1-4H3. The number of aryl methyl sites for hydroxylation is 2. The highest BCUT2D eigenvalue weighted by molar-refractivity contribution is 5.54. The normalized spacial score (nSPS) is 12.3. The third kappa shape index (κ3) is 3.13. The Morgan fingerprint density at radius 2 is 1.77 bits per heavy atom. The maximum Gasteiger partial charge on any atom is 0.435 e. The number of hydrogen-bond donors (Lipinski definition) is 1. The van der Waals surface area contributed by atoms with Gasteiger partial charge < -0.3 is 4.98 Å². The Bertz CT molecular complexity index is 1010. The predicted octanol–water partition coefficient (Wildman–Crippen LogP) is 4.37. The fourth-order valence-electron chi connectivity index (χ4n) is 3.11. The van der Waals surface area contributed by atoms with Crippen LogP contribution in [0, 0.1) is 13.8 Å². The molecule has 1 aromatic carbocycles. The van der Waals surface area contributed by atoms with Crippen molar-refractivity contribution in [2.24, 2.45) is 0 Å². The minimum atomic E-state index is -4.61. The lowest BCUT2D eigenvalue weighted by Crippen LogP contribution is -2.22. The molecular formula is C19H20F3N3O. The largest absolute Gasteiger partial charge is 0.435 e. The number of fused-ring (bicyclic) bond motifs is 1. The Kier molecular flexibility index (Phi) is 4.42. The summed E-state index contributed by atoms with van der Waals surface area (Å²) >= 11 is 0. The van der Waals surface area contributed by atoms with Crippen molar-refractivity contribution < 1.29 is 13.2 Å². The molecule has 0 saturated carbocycles. The molecule has 0 amide bonds. The van der Waals surface area contributed by atoms with E-state index < -0.39 is 23.3 Å². The second-order valence-electron chi connectivity index (χ2n) is 6.87. The Hall–Kier alpha value is -2.57. The first-order valence-corrected chi connectivity index (χ1v) is 8.36. The van der Waals surface area contributed by atoms with Crippen LogP contribution in [-0.2, 0) is 12.6 Å². The van der Waals surface area contributed by atoms with Crippen LogP contribution < -0.4 is 5.56 Å². The molecule has 1 N–H and O–H groups in total. The Morgan fingerprint density at radius 3 is 2.31 bits per heavy atom. The highest BCUT2D eigenvalue weighted by Crippen LogP contribution is 2.35. The van der Waals surface area contributed by atoms with Gasteiger partial charge in [0.25, 0.3) is 5.56 Å². The lowest BCUT2D eigenvalue weighted by Gasteiger charge is -2.10. The molecule has 0 aliphatic heterocycles.